The maximum Gasteiger partial charge on any atom is 0.0595 e. The first kappa shape index (κ1) is 11.8. The molecule has 0 saturated heterocycles. The van der Waals surface area contributed by atoms with E-state index in [1.165, 1.54) is 24.8 Å². The quantitative estimate of drug-likeness (QED) is 0.785. The molecule has 92 valence electrons. The van der Waals surface area contributed by atoms with E-state index in [0.29, 0.717) is 15.5 Å². The Hall–Kier alpha value is -0.240. The van der Waals surface area contributed by atoms with Crippen LogP contribution >= 0.6 is 23.2 Å². The van der Waals surface area contributed by atoms with Gasteiger partial charge in [-0.1, -0.05) is 29.3 Å². The van der Waals surface area contributed by atoms with E-state index in [9.17, 15) is 0 Å². The largest absolute Gasteiger partial charge is 0.306 e. The van der Waals surface area contributed by atoms with Gasteiger partial charge in [0.25, 0.3) is 0 Å². The van der Waals surface area contributed by atoms with Gasteiger partial charge in [-0.05, 0) is 57.0 Å². The average molecular weight is 270 g/mol. The second-order valence-electron chi connectivity index (χ2n) is 5.74. The lowest BCUT2D eigenvalue weighted by molar-refractivity contribution is 0.275. The van der Waals surface area contributed by atoms with Crippen molar-refractivity contribution in [3.63, 3.8) is 0 Å². The van der Waals surface area contributed by atoms with Gasteiger partial charge in [-0.25, -0.2) is 0 Å². The van der Waals surface area contributed by atoms with Crippen LogP contribution in [-0.2, 0) is 5.41 Å². The molecule has 0 spiro atoms. The highest BCUT2D eigenvalue weighted by molar-refractivity contribution is 6.42. The minimum atomic E-state index is 0.406. The first-order valence-corrected chi connectivity index (χ1v) is 6.90. The molecule has 3 unspecified atom stereocenters. The molecule has 0 aromatic heterocycles. The molecule has 17 heavy (non-hydrogen) atoms. The van der Waals surface area contributed by atoms with Crippen molar-refractivity contribution in [1.29, 1.82) is 0 Å². The molecule has 3 heteroatoms. The van der Waals surface area contributed by atoms with Crippen molar-refractivity contribution in [3.05, 3.63) is 33.8 Å². The van der Waals surface area contributed by atoms with Crippen molar-refractivity contribution in [2.45, 2.75) is 30.7 Å². The van der Waals surface area contributed by atoms with E-state index < -0.39 is 0 Å². The molecular weight excluding hydrogens is 253 g/mol. The van der Waals surface area contributed by atoms with Gasteiger partial charge in [0.05, 0.1) is 10.0 Å². The fraction of sp³-hybridized carbons (Fsp3) is 0.571. The fourth-order valence-corrected chi connectivity index (χ4v) is 3.74. The number of nitrogens with zero attached hydrogens (tertiary/aromatic N) is 1. The van der Waals surface area contributed by atoms with Crippen molar-refractivity contribution >= 4 is 23.2 Å². The summed E-state index contributed by atoms with van der Waals surface area (Å²) in [5.41, 5.74) is 1.80. The van der Waals surface area contributed by atoms with Gasteiger partial charge in [-0.15, -0.1) is 0 Å². The summed E-state index contributed by atoms with van der Waals surface area (Å²) in [6.07, 6.45) is 3.92. The zero-order valence-corrected chi connectivity index (χ0v) is 11.7. The highest BCUT2D eigenvalue weighted by atomic mass is 35.5. The summed E-state index contributed by atoms with van der Waals surface area (Å²) in [7, 11) is 4.36. The smallest absolute Gasteiger partial charge is 0.0595 e. The lowest BCUT2D eigenvalue weighted by atomic mass is 9.92. The summed E-state index contributed by atoms with van der Waals surface area (Å²) in [6, 6.07) is 6.89. The van der Waals surface area contributed by atoms with Crippen LogP contribution in [0.2, 0.25) is 10.0 Å². The van der Waals surface area contributed by atoms with Crippen molar-refractivity contribution < 1.29 is 0 Å². The van der Waals surface area contributed by atoms with E-state index in [4.69, 9.17) is 23.2 Å². The molecule has 0 N–H and O–H groups in total. The van der Waals surface area contributed by atoms with Crippen LogP contribution in [0.25, 0.3) is 0 Å². The standard InChI is InChI=1S/C14H17Cl2N/c1-17(2)11-5-10-7-14(10,8-11)9-3-4-12(15)13(16)6-9/h3-4,6,10-11H,5,7-8H2,1-2H3. The Labute approximate surface area is 113 Å². The Morgan fingerprint density at radius 1 is 1.18 bits per heavy atom. The third-order valence-electron chi connectivity index (χ3n) is 4.61. The number of benzene rings is 1. The van der Waals surface area contributed by atoms with E-state index in [1.54, 1.807) is 0 Å². The van der Waals surface area contributed by atoms with Gasteiger partial charge in [0, 0.05) is 11.5 Å². The topological polar surface area (TPSA) is 3.24 Å². The third-order valence-corrected chi connectivity index (χ3v) is 5.35. The Balaban J connectivity index is 1.88. The number of rotatable bonds is 2. The molecule has 0 radical (unpaired) electrons. The van der Waals surface area contributed by atoms with Crippen molar-refractivity contribution in [3.8, 4) is 0 Å². The molecule has 2 fully saturated rings. The third kappa shape index (κ3) is 1.80. The Morgan fingerprint density at radius 2 is 1.94 bits per heavy atom. The summed E-state index contributed by atoms with van der Waals surface area (Å²) >= 11 is 12.1. The molecule has 2 aliphatic rings. The molecule has 3 atom stereocenters. The molecule has 0 bridgehead atoms. The van der Waals surface area contributed by atoms with Crippen LogP contribution in [0.3, 0.4) is 0 Å². The van der Waals surface area contributed by atoms with E-state index in [-0.39, 0.29) is 0 Å². The van der Waals surface area contributed by atoms with Gasteiger partial charge in [-0.2, -0.15) is 0 Å². The minimum absolute atomic E-state index is 0.406. The zero-order chi connectivity index (χ0) is 12.2. The zero-order valence-electron chi connectivity index (χ0n) is 10.2. The summed E-state index contributed by atoms with van der Waals surface area (Å²) < 4.78 is 0. The van der Waals surface area contributed by atoms with E-state index >= 15 is 0 Å². The van der Waals surface area contributed by atoms with E-state index in [2.05, 4.69) is 31.1 Å². The van der Waals surface area contributed by atoms with Gasteiger partial charge < -0.3 is 4.90 Å². The van der Waals surface area contributed by atoms with Crippen LogP contribution < -0.4 is 0 Å². The molecule has 0 heterocycles. The summed E-state index contributed by atoms with van der Waals surface area (Å²) in [5, 5.41) is 1.35. The lowest BCUT2D eigenvalue weighted by Gasteiger charge is -2.23. The second-order valence-corrected chi connectivity index (χ2v) is 6.56. The molecule has 1 aromatic rings. The van der Waals surface area contributed by atoms with E-state index in [0.717, 1.165) is 12.0 Å². The summed E-state index contributed by atoms with van der Waals surface area (Å²) in [4.78, 5) is 2.35. The van der Waals surface area contributed by atoms with Crippen LogP contribution in [0, 0.1) is 5.92 Å². The monoisotopic (exact) mass is 269 g/mol. The SMILES string of the molecule is CN(C)C1CC2CC2(c2ccc(Cl)c(Cl)c2)C1. The molecule has 0 aliphatic heterocycles. The van der Waals surface area contributed by atoms with Gasteiger partial charge in [0.1, 0.15) is 0 Å². The number of halogens is 2. The molecule has 2 saturated carbocycles. The Morgan fingerprint density at radius 3 is 2.53 bits per heavy atom. The predicted molar refractivity (Wildman–Crippen MR) is 73.0 cm³/mol. The van der Waals surface area contributed by atoms with Gasteiger partial charge in [0.2, 0.25) is 0 Å². The molecule has 1 aromatic carbocycles. The molecule has 2 aliphatic carbocycles. The summed E-state index contributed by atoms with van der Waals surface area (Å²) in [6.45, 7) is 0. The fourth-order valence-electron chi connectivity index (χ4n) is 3.44. The second kappa shape index (κ2) is 3.88. The van der Waals surface area contributed by atoms with Gasteiger partial charge >= 0.3 is 0 Å². The molecule has 1 nitrogen and oxygen atoms in total. The highest BCUT2D eigenvalue weighted by Gasteiger charge is 2.61. The molecule has 3 rings (SSSR count). The maximum atomic E-state index is 6.13. The normalized spacial score (nSPS) is 35.1. The molecular formula is C14H17Cl2N. The van der Waals surface area contributed by atoms with Crippen molar-refractivity contribution in [2.75, 3.05) is 14.1 Å². The number of hydrogen-bond donors (Lipinski definition) is 0. The first-order valence-electron chi connectivity index (χ1n) is 6.15. The van der Waals surface area contributed by atoms with Crippen LogP contribution in [0.5, 0.6) is 0 Å². The Bertz CT molecular complexity index is 458. The lowest BCUT2D eigenvalue weighted by Crippen LogP contribution is -2.27. The van der Waals surface area contributed by atoms with Crippen LogP contribution in [0.4, 0.5) is 0 Å². The van der Waals surface area contributed by atoms with Crippen molar-refractivity contribution in [1.82, 2.24) is 4.90 Å². The average Bonchev–Trinajstić information content (AvgIpc) is 2.85. The number of fused-ring (bicyclic) bond motifs is 1. The maximum absolute atomic E-state index is 6.13. The summed E-state index contributed by atoms with van der Waals surface area (Å²) in [5.74, 6) is 0.854. The van der Waals surface area contributed by atoms with E-state index in [1.807, 2.05) is 6.07 Å². The Kier molecular flexibility index (Phi) is 2.70. The van der Waals surface area contributed by atoms with Crippen molar-refractivity contribution in [2.24, 2.45) is 5.92 Å². The first-order chi connectivity index (χ1) is 8.03. The van der Waals surface area contributed by atoms with Gasteiger partial charge in [-0.3, -0.25) is 0 Å². The van der Waals surface area contributed by atoms with Crippen LogP contribution in [0.1, 0.15) is 24.8 Å². The molecule has 0 amide bonds. The van der Waals surface area contributed by atoms with Crippen LogP contribution in [-0.4, -0.2) is 25.0 Å². The highest BCUT2D eigenvalue weighted by Crippen LogP contribution is 2.65. The minimum Gasteiger partial charge on any atom is -0.306 e. The number of hydrogen-bond acceptors (Lipinski definition) is 1. The predicted octanol–water partition coefficient (Wildman–Crippen LogP) is 3.98. The van der Waals surface area contributed by atoms with Crippen LogP contribution in [0.15, 0.2) is 18.2 Å². The van der Waals surface area contributed by atoms with Gasteiger partial charge in [0.15, 0.2) is 0 Å².